The molecule has 2 atom stereocenters. The molecule has 1 heterocycles. The van der Waals surface area contributed by atoms with Crippen LogP contribution >= 0.6 is 0 Å². The Kier molecular flexibility index (Phi) is 5.84. The third-order valence-corrected chi connectivity index (χ3v) is 5.58. The molecule has 3 heteroatoms. The fraction of sp³-hybridized carbons (Fsp3) is 0.944. The maximum absolute atomic E-state index is 12.3. The van der Waals surface area contributed by atoms with Gasteiger partial charge in [-0.1, -0.05) is 20.8 Å². The SMILES string of the molecule is COCC1CCN(CC2CC(C(C)(C)C)CCC2=O)CC1. The molecule has 0 aromatic rings. The van der Waals surface area contributed by atoms with Gasteiger partial charge in [0, 0.05) is 32.6 Å². The van der Waals surface area contributed by atoms with Crippen LogP contribution in [0.3, 0.4) is 0 Å². The van der Waals surface area contributed by atoms with Gasteiger partial charge in [0.05, 0.1) is 0 Å². The molecule has 1 saturated heterocycles. The Morgan fingerprint density at radius 2 is 1.86 bits per heavy atom. The van der Waals surface area contributed by atoms with Gasteiger partial charge in [-0.25, -0.2) is 0 Å². The summed E-state index contributed by atoms with van der Waals surface area (Å²) < 4.78 is 5.26. The van der Waals surface area contributed by atoms with Crippen molar-refractivity contribution in [3.8, 4) is 0 Å². The van der Waals surface area contributed by atoms with Crippen LogP contribution in [0.1, 0.15) is 52.9 Å². The molecule has 2 unspecified atom stereocenters. The maximum atomic E-state index is 12.3. The first-order chi connectivity index (χ1) is 9.90. The number of rotatable bonds is 4. The summed E-state index contributed by atoms with van der Waals surface area (Å²) in [5.41, 5.74) is 0.338. The number of ether oxygens (including phenoxy) is 1. The van der Waals surface area contributed by atoms with Crippen LogP contribution in [0.4, 0.5) is 0 Å². The number of carbonyl (C=O) groups is 1. The van der Waals surface area contributed by atoms with Gasteiger partial charge in [0.1, 0.15) is 5.78 Å². The molecule has 2 rings (SSSR count). The number of nitrogens with zero attached hydrogens (tertiary/aromatic N) is 1. The molecule has 1 aliphatic heterocycles. The Labute approximate surface area is 130 Å². The lowest BCUT2D eigenvalue weighted by atomic mass is 9.68. The van der Waals surface area contributed by atoms with Crippen molar-refractivity contribution >= 4 is 5.78 Å². The molecule has 0 N–H and O–H groups in total. The summed E-state index contributed by atoms with van der Waals surface area (Å²) in [7, 11) is 1.79. The Bertz CT molecular complexity index is 340. The summed E-state index contributed by atoms with van der Waals surface area (Å²) in [4.78, 5) is 14.8. The number of piperidine rings is 1. The van der Waals surface area contributed by atoms with E-state index >= 15 is 0 Å². The lowest BCUT2D eigenvalue weighted by Crippen LogP contribution is -2.42. The van der Waals surface area contributed by atoms with Crippen LogP contribution in [0.25, 0.3) is 0 Å². The van der Waals surface area contributed by atoms with Gasteiger partial charge in [-0.3, -0.25) is 4.79 Å². The topological polar surface area (TPSA) is 29.5 Å². The van der Waals surface area contributed by atoms with Gasteiger partial charge in [-0.2, -0.15) is 0 Å². The molecule has 0 spiro atoms. The van der Waals surface area contributed by atoms with Gasteiger partial charge in [0.2, 0.25) is 0 Å². The minimum Gasteiger partial charge on any atom is -0.384 e. The molecular formula is C18H33NO2. The Hall–Kier alpha value is -0.410. The highest BCUT2D eigenvalue weighted by Crippen LogP contribution is 2.39. The average molecular weight is 295 g/mol. The quantitative estimate of drug-likeness (QED) is 0.796. The molecule has 2 fully saturated rings. The maximum Gasteiger partial charge on any atom is 0.137 e. The number of hydrogen-bond donors (Lipinski definition) is 0. The van der Waals surface area contributed by atoms with Crippen LogP contribution in [0.2, 0.25) is 0 Å². The first kappa shape index (κ1) is 17.0. The van der Waals surface area contributed by atoms with E-state index in [-0.39, 0.29) is 5.92 Å². The van der Waals surface area contributed by atoms with Crippen LogP contribution in [0.5, 0.6) is 0 Å². The molecule has 0 aromatic heterocycles. The van der Waals surface area contributed by atoms with E-state index in [4.69, 9.17) is 4.74 Å². The van der Waals surface area contributed by atoms with Crippen LogP contribution < -0.4 is 0 Å². The number of ketones is 1. The van der Waals surface area contributed by atoms with Gasteiger partial charge in [-0.15, -0.1) is 0 Å². The fourth-order valence-corrected chi connectivity index (χ4v) is 3.96. The molecule has 1 saturated carbocycles. The molecule has 2 aliphatic rings. The van der Waals surface area contributed by atoms with E-state index in [0.717, 1.165) is 51.4 Å². The van der Waals surface area contributed by atoms with Crippen LogP contribution in [-0.2, 0) is 9.53 Å². The number of hydrogen-bond acceptors (Lipinski definition) is 3. The van der Waals surface area contributed by atoms with Crippen LogP contribution in [0.15, 0.2) is 0 Å². The van der Waals surface area contributed by atoms with E-state index in [2.05, 4.69) is 25.7 Å². The molecule has 21 heavy (non-hydrogen) atoms. The number of Topliss-reactive ketones (excluding diaryl/α,β-unsaturated/α-hetero) is 1. The average Bonchev–Trinajstić information content (AvgIpc) is 2.42. The van der Waals surface area contributed by atoms with E-state index in [1.165, 1.54) is 12.8 Å². The summed E-state index contributed by atoms with van der Waals surface area (Å²) in [6.07, 6.45) is 5.43. The number of carbonyl (C=O) groups excluding carboxylic acids is 1. The third kappa shape index (κ3) is 4.79. The molecular weight excluding hydrogens is 262 g/mol. The zero-order chi connectivity index (χ0) is 15.5. The Morgan fingerprint density at radius 1 is 1.19 bits per heavy atom. The Balaban J connectivity index is 1.83. The molecule has 1 aliphatic carbocycles. The van der Waals surface area contributed by atoms with Gasteiger partial charge in [0.15, 0.2) is 0 Å². The van der Waals surface area contributed by atoms with Crippen LogP contribution in [-0.4, -0.2) is 44.0 Å². The van der Waals surface area contributed by atoms with E-state index in [1.807, 2.05) is 0 Å². The minimum atomic E-state index is 0.280. The normalized spacial score (nSPS) is 29.8. The van der Waals surface area contributed by atoms with Crippen molar-refractivity contribution in [2.45, 2.75) is 52.9 Å². The summed E-state index contributed by atoms with van der Waals surface area (Å²) >= 11 is 0. The second-order valence-electron chi connectivity index (χ2n) is 8.20. The van der Waals surface area contributed by atoms with Crippen molar-refractivity contribution in [2.24, 2.45) is 23.2 Å². The van der Waals surface area contributed by atoms with Gasteiger partial charge < -0.3 is 9.64 Å². The van der Waals surface area contributed by atoms with Crippen molar-refractivity contribution in [1.82, 2.24) is 4.90 Å². The highest BCUT2D eigenvalue weighted by molar-refractivity contribution is 5.82. The van der Waals surface area contributed by atoms with Gasteiger partial charge >= 0.3 is 0 Å². The second-order valence-corrected chi connectivity index (χ2v) is 8.20. The molecule has 0 radical (unpaired) electrons. The van der Waals surface area contributed by atoms with E-state index in [9.17, 15) is 4.79 Å². The second kappa shape index (κ2) is 7.23. The van der Waals surface area contributed by atoms with Gasteiger partial charge in [0.25, 0.3) is 0 Å². The predicted molar refractivity (Wildman–Crippen MR) is 86.3 cm³/mol. The molecule has 0 bridgehead atoms. The molecule has 0 aromatic carbocycles. The smallest absolute Gasteiger partial charge is 0.137 e. The fourth-order valence-electron chi connectivity index (χ4n) is 3.96. The highest BCUT2D eigenvalue weighted by atomic mass is 16.5. The predicted octanol–water partition coefficient (Wildman–Crippen LogP) is 3.38. The zero-order valence-electron chi connectivity index (χ0n) is 14.4. The largest absolute Gasteiger partial charge is 0.384 e. The summed E-state index contributed by atoms with van der Waals surface area (Å²) in [6, 6.07) is 0. The summed E-state index contributed by atoms with van der Waals surface area (Å²) in [5, 5.41) is 0. The lowest BCUT2D eigenvalue weighted by molar-refractivity contribution is -0.127. The minimum absolute atomic E-state index is 0.280. The molecule has 0 amide bonds. The van der Waals surface area contributed by atoms with Crippen LogP contribution in [0, 0.1) is 23.2 Å². The zero-order valence-corrected chi connectivity index (χ0v) is 14.4. The molecule has 3 nitrogen and oxygen atoms in total. The summed E-state index contributed by atoms with van der Waals surface area (Å²) in [5.74, 6) is 2.21. The Morgan fingerprint density at radius 3 is 2.43 bits per heavy atom. The van der Waals surface area contributed by atoms with E-state index in [1.54, 1.807) is 7.11 Å². The van der Waals surface area contributed by atoms with Crippen molar-refractivity contribution in [3.63, 3.8) is 0 Å². The standard InChI is InChI=1S/C18H33NO2/c1-18(2,3)16-5-6-17(20)15(11-16)12-19-9-7-14(8-10-19)13-21-4/h14-16H,5-13H2,1-4H3. The van der Waals surface area contributed by atoms with Crippen molar-refractivity contribution in [1.29, 1.82) is 0 Å². The van der Waals surface area contributed by atoms with Gasteiger partial charge in [-0.05, 0) is 56.0 Å². The first-order valence-corrected chi connectivity index (χ1v) is 8.64. The first-order valence-electron chi connectivity index (χ1n) is 8.64. The monoisotopic (exact) mass is 295 g/mol. The highest BCUT2D eigenvalue weighted by Gasteiger charge is 2.36. The number of likely N-dealkylation sites (tertiary alicyclic amines) is 1. The van der Waals surface area contributed by atoms with Crippen molar-refractivity contribution in [2.75, 3.05) is 33.4 Å². The van der Waals surface area contributed by atoms with Crippen molar-refractivity contribution in [3.05, 3.63) is 0 Å². The number of methoxy groups -OCH3 is 1. The molecule has 122 valence electrons. The third-order valence-electron chi connectivity index (χ3n) is 5.58. The van der Waals surface area contributed by atoms with E-state index in [0.29, 0.717) is 17.1 Å². The van der Waals surface area contributed by atoms with E-state index < -0.39 is 0 Å². The lowest BCUT2D eigenvalue weighted by Gasteiger charge is -2.40. The summed E-state index contributed by atoms with van der Waals surface area (Å²) in [6.45, 7) is 11.1. The van der Waals surface area contributed by atoms with Crippen molar-refractivity contribution < 1.29 is 9.53 Å².